The number of anilines is 1. The summed E-state index contributed by atoms with van der Waals surface area (Å²) in [7, 11) is 0. The summed E-state index contributed by atoms with van der Waals surface area (Å²) in [5.41, 5.74) is 7.73. The zero-order valence-electron chi connectivity index (χ0n) is 11.7. The van der Waals surface area contributed by atoms with Crippen LogP contribution in [0.25, 0.3) is 0 Å². The van der Waals surface area contributed by atoms with Crippen molar-refractivity contribution in [3.63, 3.8) is 0 Å². The van der Waals surface area contributed by atoms with Crippen LogP contribution in [0.5, 0.6) is 0 Å². The average molecular weight is 301 g/mol. The van der Waals surface area contributed by atoms with Crippen LogP contribution in [0.1, 0.15) is 6.92 Å². The van der Waals surface area contributed by atoms with E-state index in [1.807, 2.05) is 49.4 Å². The van der Waals surface area contributed by atoms with Crippen LogP contribution in [0.4, 0.5) is 5.69 Å². The lowest BCUT2D eigenvalue weighted by Crippen LogP contribution is -2.47. The third-order valence-electron chi connectivity index (χ3n) is 3.86. The van der Waals surface area contributed by atoms with Crippen molar-refractivity contribution in [2.45, 2.75) is 13.0 Å². The van der Waals surface area contributed by atoms with E-state index < -0.39 is 0 Å². The fourth-order valence-electron chi connectivity index (χ4n) is 2.86. The molecule has 1 heterocycles. The lowest BCUT2D eigenvalue weighted by molar-refractivity contribution is -0.121. The van der Waals surface area contributed by atoms with Gasteiger partial charge < -0.3 is 5.73 Å². The van der Waals surface area contributed by atoms with Gasteiger partial charge in [0.05, 0.1) is 5.92 Å². The van der Waals surface area contributed by atoms with Crippen LogP contribution >= 0.6 is 11.6 Å². The largest absolute Gasteiger partial charge is 0.323 e. The Morgan fingerprint density at radius 1 is 1.29 bits per heavy atom. The molecular formula is C17H17ClN2O. The summed E-state index contributed by atoms with van der Waals surface area (Å²) in [5, 5.41) is 0.577. The molecule has 0 spiro atoms. The third kappa shape index (κ3) is 2.43. The van der Waals surface area contributed by atoms with Crippen LogP contribution in [0.2, 0.25) is 0 Å². The van der Waals surface area contributed by atoms with Crippen molar-refractivity contribution in [2.75, 3.05) is 4.90 Å². The number of para-hydroxylation sites is 1. The van der Waals surface area contributed by atoms with Crippen LogP contribution in [0, 0.1) is 11.8 Å². The molecule has 0 bridgehead atoms. The summed E-state index contributed by atoms with van der Waals surface area (Å²) in [6.07, 6.45) is 7.73. The molecule has 4 heteroatoms. The molecule has 1 aliphatic carbocycles. The Hall–Kier alpha value is -1.84. The zero-order chi connectivity index (χ0) is 15.0. The van der Waals surface area contributed by atoms with Crippen molar-refractivity contribution in [3.05, 3.63) is 65.4 Å². The molecule has 2 N–H and O–H groups in total. The number of halogens is 1. The number of nitrogens with two attached hydrogens (primary N) is 1. The SMILES string of the molecule is C[C@H](N)C1=CC2C=CC=C(Cl)C2C(=O)N1c1ccccc1. The van der Waals surface area contributed by atoms with Gasteiger partial charge in [0.25, 0.3) is 0 Å². The van der Waals surface area contributed by atoms with Crippen LogP contribution in [0.3, 0.4) is 0 Å². The van der Waals surface area contributed by atoms with Gasteiger partial charge in [0, 0.05) is 28.4 Å². The summed E-state index contributed by atoms with van der Waals surface area (Å²) in [6, 6.07) is 9.33. The number of nitrogens with zero attached hydrogens (tertiary/aromatic N) is 1. The van der Waals surface area contributed by atoms with Crippen molar-refractivity contribution in [1.82, 2.24) is 0 Å². The standard InChI is InChI=1S/C17H17ClN2O/c1-11(19)15-10-12-6-5-9-14(18)16(12)17(21)20(15)13-7-3-2-4-8-13/h2-12,16H,19H2,1H3/t11-,12?,16?/m0/s1. The van der Waals surface area contributed by atoms with Gasteiger partial charge >= 0.3 is 0 Å². The molecule has 21 heavy (non-hydrogen) atoms. The summed E-state index contributed by atoms with van der Waals surface area (Å²) >= 11 is 6.27. The van der Waals surface area contributed by atoms with E-state index in [1.54, 1.807) is 11.0 Å². The highest BCUT2D eigenvalue weighted by atomic mass is 35.5. The van der Waals surface area contributed by atoms with Crippen LogP contribution < -0.4 is 10.6 Å². The molecule has 0 radical (unpaired) electrons. The molecule has 1 aromatic carbocycles. The number of carbonyl (C=O) groups is 1. The molecule has 3 nitrogen and oxygen atoms in total. The van der Waals surface area contributed by atoms with Gasteiger partial charge in [-0.1, -0.05) is 48.0 Å². The van der Waals surface area contributed by atoms with E-state index in [0.29, 0.717) is 5.03 Å². The second kappa shape index (κ2) is 5.51. The Balaban J connectivity index is 2.11. The van der Waals surface area contributed by atoms with Gasteiger partial charge in [-0.3, -0.25) is 9.69 Å². The van der Waals surface area contributed by atoms with Gasteiger partial charge in [0.1, 0.15) is 0 Å². The van der Waals surface area contributed by atoms with E-state index in [0.717, 1.165) is 11.4 Å². The zero-order valence-corrected chi connectivity index (χ0v) is 12.5. The van der Waals surface area contributed by atoms with E-state index in [9.17, 15) is 4.79 Å². The van der Waals surface area contributed by atoms with Crippen LogP contribution in [0.15, 0.2) is 65.4 Å². The molecule has 1 amide bonds. The molecule has 108 valence electrons. The number of benzene rings is 1. The van der Waals surface area contributed by atoms with Gasteiger partial charge in [0.2, 0.25) is 5.91 Å². The summed E-state index contributed by atoms with van der Waals surface area (Å²) in [6.45, 7) is 1.89. The number of hydrogen-bond donors (Lipinski definition) is 1. The molecule has 2 unspecified atom stereocenters. The van der Waals surface area contributed by atoms with Gasteiger partial charge in [-0.25, -0.2) is 0 Å². The first-order chi connectivity index (χ1) is 10.1. The van der Waals surface area contributed by atoms with Crippen molar-refractivity contribution in [2.24, 2.45) is 17.6 Å². The first kappa shape index (κ1) is 14.1. The lowest BCUT2D eigenvalue weighted by atomic mass is 9.82. The molecule has 3 atom stereocenters. The fourth-order valence-corrected chi connectivity index (χ4v) is 3.17. The van der Waals surface area contributed by atoms with E-state index in [4.69, 9.17) is 17.3 Å². The maximum atomic E-state index is 13.0. The second-order valence-corrected chi connectivity index (χ2v) is 5.82. The number of rotatable bonds is 2. The Labute approximate surface area is 129 Å². The quantitative estimate of drug-likeness (QED) is 0.912. The van der Waals surface area contributed by atoms with Crippen LogP contribution in [-0.2, 0) is 4.79 Å². The fraction of sp³-hybridized carbons (Fsp3) is 0.235. The van der Waals surface area contributed by atoms with E-state index in [2.05, 4.69) is 6.08 Å². The minimum Gasteiger partial charge on any atom is -0.323 e. The first-order valence-corrected chi connectivity index (χ1v) is 7.37. The molecule has 0 aromatic heterocycles. The molecule has 3 rings (SSSR count). The predicted molar refractivity (Wildman–Crippen MR) is 85.7 cm³/mol. The number of carbonyl (C=O) groups excluding carboxylic acids is 1. The first-order valence-electron chi connectivity index (χ1n) is 7.00. The van der Waals surface area contributed by atoms with Crippen molar-refractivity contribution in [3.8, 4) is 0 Å². The topological polar surface area (TPSA) is 46.3 Å². The molecule has 2 aliphatic rings. The number of allylic oxidation sites excluding steroid dienone is 4. The van der Waals surface area contributed by atoms with Gasteiger partial charge in [-0.2, -0.15) is 0 Å². The molecule has 1 aromatic rings. The molecule has 0 saturated heterocycles. The highest BCUT2D eigenvalue weighted by Crippen LogP contribution is 2.39. The van der Waals surface area contributed by atoms with E-state index in [-0.39, 0.29) is 23.8 Å². The van der Waals surface area contributed by atoms with E-state index in [1.165, 1.54) is 0 Å². The highest BCUT2D eigenvalue weighted by molar-refractivity contribution is 6.32. The van der Waals surface area contributed by atoms with Crippen LogP contribution in [-0.4, -0.2) is 11.9 Å². The summed E-state index contributed by atoms with van der Waals surface area (Å²) in [5.74, 6) is -0.387. The minimum absolute atomic E-state index is 0.0176. The van der Waals surface area contributed by atoms with Gasteiger partial charge in [0.15, 0.2) is 0 Å². The van der Waals surface area contributed by atoms with Gasteiger partial charge in [-0.15, -0.1) is 0 Å². The monoisotopic (exact) mass is 300 g/mol. The average Bonchev–Trinajstić information content (AvgIpc) is 2.47. The number of amides is 1. The highest BCUT2D eigenvalue weighted by Gasteiger charge is 2.40. The maximum Gasteiger partial charge on any atom is 0.240 e. The van der Waals surface area contributed by atoms with Gasteiger partial charge in [-0.05, 0) is 25.1 Å². The second-order valence-electron chi connectivity index (χ2n) is 5.38. The molecule has 0 fully saturated rings. The summed E-state index contributed by atoms with van der Waals surface area (Å²) in [4.78, 5) is 14.7. The number of hydrogen-bond acceptors (Lipinski definition) is 2. The van der Waals surface area contributed by atoms with Crippen molar-refractivity contribution in [1.29, 1.82) is 0 Å². The molecular weight excluding hydrogens is 284 g/mol. The summed E-state index contributed by atoms with van der Waals surface area (Å²) < 4.78 is 0. The Bertz CT molecular complexity index is 646. The van der Waals surface area contributed by atoms with Crippen molar-refractivity contribution >= 4 is 23.2 Å². The van der Waals surface area contributed by atoms with Crippen molar-refractivity contribution < 1.29 is 4.79 Å². The maximum absolute atomic E-state index is 13.0. The molecule has 1 aliphatic heterocycles. The Morgan fingerprint density at radius 2 is 2.00 bits per heavy atom. The normalized spacial score (nSPS) is 26.0. The lowest BCUT2D eigenvalue weighted by Gasteiger charge is -2.38. The number of fused-ring (bicyclic) bond motifs is 1. The third-order valence-corrected chi connectivity index (χ3v) is 4.22. The Kier molecular flexibility index (Phi) is 3.70. The predicted octanol–water partition coefficient (Wildman–Crippen LogP) is 3.19. The molecule has 0 saturated carbocycles. The van der Waals surface area contributed by atoms with E-state index >= 15 is 0 Å². The minimum atomic E-state index is -0.348. The smallest absolute Gasteiger partial charge is 0.240 e. The Morgan fingerprint density at radius 3 is 2.67 bits per heavy atom.